The van der Waals surface area contributed by atoms with Crippen LogP contribution in [0.5, 0.6) is 0 Å². The molecule has 0 saturated carbocycles. The van der Waals surface area contributed by atoms with Crippen LogP contribution in [0.4, 0.5) is 0 Å². The highest BCUT2D eigenvalue weighted by Crippen LogP contribution is 2.11. The number of rotatable bonds is 16. The summed E-state index contributed by atoms with van der Waals surface area (Å²) in [7, 11) is 1.55. The van der Waals surface area contributed by atoms with Crippen LogP contribution in [0.2, 0.25) is 0 Å². The van der Waals surface area contributed by atoms with Gasteiger partial charge in [0.25, 0.3) is 0 Å². The molecule has 0 aliphatic rings. The molecule has 0 heterocycles. The lowest BCUT2D eigenvalue weighted by Crippen LogP contribution is -2.11. The lowest BCUT2D eigenvalue weighted by Gasteiger charge is -2.07. The van der Waals surface area contributed by atoms with E-state index < -0.39 is 5.97 Å². The van der Waals surface area contributed by atoms with Gasteiger partial charge in [0.15, 0.2) is 0 Å². The Morgan fingerprint density at radius 1 is 0.643 bits per heavy atom. The Morgan fingerprint density at radius 2 is 1.07 bits per heavy atom. The molecule has 1 aromatic carbocycles. The van der Waals surface area contributed by atoms with E-state index in [1.54, 1.807) is 31.4 Å². The Kier molecular flexibility index (Phi) is 13.9. The van der Waals surface area contributed by atoms with Crippen LogP contribution in [-0.4, -0.2) is 38.9 Å². The lowest BCUT2D eigenvalue weighted by atomic mass is 10.1. The standard InChI is InChI=1S/C23H36O5/c1-3-4-5-6-7-8-9-10-11-12-17-27-22(24)20-13-15-21(16-14-20)23(25)28-19-18-26-2/h13-16H,3-12,17-19H2,1-2H3. The van der Waals surface area contributed by atoms with Crippen molar-refractivity contribution in [2.45, 2.75) is 71.1 Å². The summed E-state index contributed by atoms with van der Waals surface area (Å²) in [6, 6.07) is 6.33. The molecule has 0 fully saturated rings. The van der Waals surface area contributed by atoms with Gasteiger partial charge in [-0.15, -0.1) is 0 Å². The van der Waals surface area contributed by atoms with E-state index in [0.29, 0.717) is 24.3 Å². The highest BCUT2D eigenvalue weighted by Gasteiger charge is 2.10. The summed E-state index contributed by atoms with van der Waals surface area (Å²) in [5.74, 6) is -0.780. The van der Waals surface area contributed by atoms with E-state index in [9.17, 15) is 9.59 Å². The first kappa shape index (κ1) is 24.2. The minimum Gasteiger partial charge on any atom is -0.462 e. The SMILES string of the molecule is CCCCCCCCCCCCOC(=O)c1ccc(C(=O)OCCOC)cc1. The van der Waals surface area contributed by atoms with Crippen LogP contribution >= 0.6 is 0 Å². The number of benzene rings is 1. The summed E-state index contributed by atoms with van der Waals surface area (Å²) in [5.41, 5.74) is 0.850. The van der Waals surface area contributed by atoms with Crippen LogP contribution in [0.25, 0.3) is 0 Å². The molecule has 158 valence electrons. The number of unbranched alkanes of at least 4 members (excludes halogenated alkanes) is 9. The maximum atomic E-state index is 12.0. The zero-order valence-electron chi connectivity index (χ0n) is 17.5. The fourth-order valence-corrected chi connectivity index (χ4v) is 2.88. The number of carbonyl (C=O) groups excluding carboxylic acids is 2. The normalized spacial score (nSPS) is 10.6. The second kappa shape index (κ2) is 16.1. The molecule has 0 atom stereocenters. The second-order valence-corrected chi connectivity index (χ2v) is 7.02. The van der Waals surface area contributed by atoms with Crippen LogP contribution in [0, 0.1) is 0 Å². The number of esters is 2. The molecule has 0 unspecified atom stereocenters. The number of carbonyl (C=O) groups is 2. The van der Waals surface area contributed by atoms with Crippen LogP contribution in [0.15, 0.2) is 24.3 Å². The van der Waals surface area contributed by atoms with E-state index in [-0.39, 0.29) is 12.6 Å². The predicted molar refractivity (Wildman–Crippen MR) is 111 cm³/mol. The Hall–Kier alpha value is -1.88. The van der Waals surface area contributed by atoms with Gasteiger partial charge in [-0.3, -0.25) is 0 Å². The molecular formula is C23H36O5. The molecule has 0 aromatic heterocycles. The van der Waals surface area contributed by atoms with Crippen LogP contribution in [0.3, 0.4) is 0 Å². The smallest absolute Gasteiger partial charge is 0.338 e. The van der Waals surface area contributed by atoms with Crippen LogP contribution < -0.4 is 0 Å². The first-order valence-electron chi connectivity index (χ1n) is 10.6. The fraction of sp³-hybridized carbons (Fsp3) is 0.652. The summed E-state index contributed by atoms with van der Waals surface area (Å²) in [6.45, 7) is 3.24. The molecule has 1 aromatic rings. The van der Waals surface area contributed by atoms with Crippen molar-refractivity contribution < 1.29 is 23.8 Å². The molecule has 1 rings (SSSR count). The molecule has 28 heavy (non-hydrogen) atoms. The summed E-state index contributed by atoms with van der Waals surface area (Å²) < 4.78 is 15.2. The highest BCUT2D eigenvalue weighted by molar-refractivity contribution is 5.93. The van der Waals surface area contributed by atoms with Crippen molar-refractivity contribution in [3.05, 3.63) is 35.4 Å². The Bertz CT molecular complexity index is 538. The maximum Gasteiger partial charge on any atom is 0.338 e. The van der Waals surface area contributed by atoms with Crippen molar-refractivity contribution >= 4 is 11.9 Å². The van der Waals surface area contributed by atoms with Gasteiger partial charge in [-0.1, -0.05) is 64.7 Å². The monoisotopic (exact) mass is 392 g/mol. The van der Waals surface area contributed by atoms with E-state index in [0.717, 1.165) is 12.8 Å². The molecule has 0 bridgehead atoms. The molecule has 0 aliphatic heterocycles. The molecule has 0 amide bonds. The topological polar surface area (TPSA) is 61.8 Å². The van der Waals surface area contributed by atoms with Gasteiger partial charge < -0.3 is 14.2 Å². The molecule has 5 nitrogen and oxygen atoms in total. The minimum absolute atomic E-state index is 0.206. The minimum atomic E-state index is -0.428. The summed E-state index contributed by atoms with van der Waals surface area (Å²) in [5, 5.41) is 0. The zero-order chi connectivity index (χ0) is 20.5. The number of hydrogen-bond acceptors (Lipinski definition) is 5. The Morgan fingerprint density at radius 3 is 1.54 bits per heavy atom. The highest BCUT2D eigenvalue weighted by atomic mass is 16.6. The van der Waals surface area contributed by atoms with E-state index in [1.807, 2.05) is 0 Å². The largest absolute Gasteiger partial charge is 0.462 e. The first-order valence-corrected chi connectivity index (χ1v) is 10.6. The molecular weight excluding hydrogens is 356 g/mol. The van der Waals surface area contributed by atoms with Crippen LogP contribution in [0.1, 0.15) is 91.8 Å². The van der Waals surface area contributed by atoms with Crippen molar-refractivity contribution in [1.29, 1.82) is 0 Å². The summed E-state index contributed by atoms with van der Waals surface area (Å²) in [4.78, 5) is 23.8. The van der Waals surface area contributed by atoms with Gasteiger partial charge in [0, 0.05) is 7.11 Å². The van der Waals surface area contributed by atoms with E-state index in [2.05, 4.69) is 6.92 Å². The lowest BCUT2D eigenvalue weighted by molar-refractivity contribution is 0.0386. The van der Waals surface area contributed by atoms with Gasteiger partial charge in [-0.25, -0.2) is 9.59 Å². The molecule has 5 heteroatoms. The number of hydrogen-bond donors (Lipinski definition) is 0. The van der Waals surface area contributed by atoms with Crippen molar-refractivity contribution in [2.24, 2.45) is 0 Å². The summed E-state index contributed by atoms with van der Waals surface area (Å²) >= 11 is 0. The van der Waals surface area contributed by atoms with Crippen molar-refractivity contribution in [3.63, 3.8) is 0 Å². The quantitative estimate of drug-likeness (QED) is 0.272. The predicted octanol–water partition coefficient (Wildman–Crippen LogP) is 5.57. The molecule has 0 N–H and O–H groups in total. The number of ether oxygens (including phenoxy) is 3. The van der Waals surface area contributed by atoms with Crippen molar-refractivity contribution in [2.75, 3.05) is 26.9 Å². The van der Waals surface area contributed by atoms with Gasteiger partial charge in [0.1, 0.15) is 6.61 Å². The Labute approximate surface area is 169 Å². The molecule has 0 aliphatic carbocycles. The van der Waals surface area contributed by atoms with E-state index in [4.69, 9.17) is 14.2 Å². The summed E-state index contributed by atoms with van der Waals surface area (Å²) in [6.07, 6.45) is 12.5. The maximum absolute atomic E-state index is 12.0. The van der Waals surface area contributed by atoms with Gasteiger partial charge in [-0.2, -0.15) is 0 Å². The zero-order valence-corrected chi connectivity index (χ0v) is 17.5. The average Bonchev–Trinajstić information content (AvgIpc) is 2.72. The molecule has 0 spiro atoms. The third-order valence-corrected chi connectivity index (χ3v) is 4.61. The molecule has 0 saturated heterocycles. The van der Waals surface area contributed by atoms with Crippen molar-refractivity contribution in [3.8, 4) is 0 Å². The fourth-order valence-electron chi connectivity index (χ4n) is 2.88. The van der Waals surface area contributed by atoms with Crippen molar-refractivity contribution in [1.82, 2.24) is 0 Å². The third-order valence-electron chi connectivity index (χ3n) is 4.61. The third kappa shape index (κ3) is 11.1. The average molecular weight is 393 g/mol. The van der Waals surface area contributed by atoms with Gasteiger partial charge in [0.2, 0.25) is 0 Å². The molecule has 0 radical (unpaired) electrons. The van der Waals surface area contributed by atoms with Crippen LogP contribution in [-0.2, 0) is 14.2 Å². The Balaban J connectivity index is 2.11. The van der Waals surface area contributed by atoms with E-state index in [1.165, 1.54) is 51.4 Å². The first-order chi connectivity index (χ1) is 13.7. The van der Waals surface area contributed by atoms with E-state index >= 15 is 0 Å². The number of methoxy groups -OCH3 is 1. The van der Waals surface area contributed by atoms with Gasteiger partial charge in [0.05, 0.1) is 24.3 Å². The van der Waals surface area contributed by atoms with Gasteiger partial charge >= 0.3 is 11.9 Å². The second-order valence-electron chi connectivity index (χ2n) is 7.02. The van der Waals surface area contributed by atoms with Gasteiger partial charge in [-0.05, 0) is 30.7 Å².